The molecule has 3 N–H and O–H groups in total. The van der Waals surface area contributed by atoms with Gasteiger partial charge >= 0.3 is 0 Å². The van der Waals surface area contributed by atoms with Crippen molar-refractivity contribution in [3.05, 3.63) is 29.8 Å². The number of imide groups is 1. The van der Waals surface area contributed by atoms with Crippen molar-refractivity contribution in [1.29, 1.82) is 0 Å². The molecule has 5 heteroatoms. The molecule has 0 aromatic heterocycles. The summed E-state index contributed by atoms with van der Waals surface area (Å²) in [6.07, 6.45) is 14.8. The molecule has 2 amide bonds. The molecule has 1 aromatic carbocycles. The van der Waals surface area contributed by atoms with Gasteiger partial charge in [-0.15, -0.1) is 0 Å². The van der Waals surface area contributed by atoms with Gasteiger partial charge in [-0.2, -0.15) is 0 Å². The van der Waals surface area contributed by atoms with E-state index in [0.29, 0.717) is 12.8 Å². The molecule has 1 unspecified atom stereocenters. The molecule has 164 valence electrons. The van der Waals surface area contributed by atoms with Gasteiger partial charge in [-0.05, 0) is 74.6 Å². The van der Waals surface area contributed by atoms with E-state index in [9.17, 15) is 9.59 Å². The predicted molar refractivity (Wildman–Crippen MR) is 120 cm³/mol. The molecule has 2 aliphatic carbocycles. The van der Waals surface area contributed by atoms with E-state index in [4.69, 9.17) is 0 Å². The van der Waals surface area contributed by atoms with Crippen LogP contribution < -0.4 is 16.0 Å². The lowest BCUT2D eigenvalue weighted by Gasteiger charge is -2.54. The third-order valence-electron chi connectivity index (χ3n) is 7.44. The molecular formula is C25H37N3O2. The number of unbranched alkanes of at least 4 members (excludes halogenated alkanes) is 4. The van der Waals surface area contributed by atoms with Crippen molar-refractivity contribution < 1.29 is 9.59 Å². The first-order valence-corrected chi connectivity index (χ1v) is 12.0. The number of rotatable bonds is 11. The average Bonchev–Trinajstić information content (AvgIpc) is 2.67. The van der Waals surface area contributed by atoms with Crippen molar-refractivity contribution in [3.63, 3.8) is 0 Å². The van der Waals surface area contributed by atoms with Crippen LogP contribution in [0.25, 0.3) is 0 Å². The fourth-order valence-electron chi connectivity index (χ4n) is 5.38. The number of hydrogen-bond acceptors (Lipinski definition) is 4. The quantitative estimate of drug-likeness (QED) is 0.371. The van der Waals surface area contributed by atoms with Crippen molar-refractivity contribution in [2.45, 2.75) is 89.0 Å². The second-order valence-electron chi connectivity index (χ2n) is 9.73. The molecule has 2 saturated carbocycles. The van der Waals surface area contributed by atoms with Crippen molar-refractivity contribution in [2.75, 3.05) is 18.4 Å². The number of nitrogens with one attached hydrogen (secondary N) is 3. The molecule has 0 radical (unpaired) electrons. The Morgan fingerprint density at radius 2 is 1.63 bits per heavy atom. The van der Waals surface area contributed by atoms with Crippen LogP contribution in [0.15, 0.2) is 24.3 Å². The van der Waals surface area contributed by atoms with Crippen LogP contribution >= 0.6 is 0 Å². The van der Waals surface area contributed by atoms with Gasteiger partial charge in [0.15, 0.2) is 0 Å². The standard InChI is InChI=1S/C25H37N3O2/c29-23-12-11-22(24(30)28-23)19-7-9-20(10-8-19)26-15-4-2-1-3-5-16-27-21-17-25(18-21)13-6-14-25/h7-10,21-22,26-27H,1-6,11-18H2,(H,28,29,30). The molecule has 1 heterocycles. The van der Waals surface area contributed by atoms with Crippen LogP contribution in [0.1, 0.15) is 88.5 Å². The average molecular weight is 412 g/mol. The topological polar surface area (TPSA) is 70.2 Å². The fourth-order valence-corrected chi connectivity index (χ4v) is 5.38. The Bertz CT molecular complexity index is 718. The van der Waals surface area contributed by atoms with Gasteiger partial charge in [0, 0.05) is 24.7 Å². The van der Waals surface area contributed by atoms with E-state index in [1.54, 1.807) is 0 Å². The van der Waals surface area contributed by atoms with E-state index >= 15 is 0 Å². The summed E-state index contributed by atoms with van der Waals surface area (Å²) in [5, 5.41) is 9.65. The maximum atomic E-state index is 12.0. The largest absolute Gasteiger partial charge is 0.385 e. The summed E-state index contributed by atoms with van der Waals surface area (Å²) >= 11 is 0. The highest BCUT2D eigenvalue weighted by molar-refractivity contribution is 6.00. The van der Waals surface area contributed by atoms with E-state index in [1.807, 2.05) is 24.3 Å². The van der Waals surface area contributed by atoms with Crippen molar-refractivity contribution in [1.82, 2.24) is 10.6 Å². The molecule has 3 aliphatic rings. The minimum atomic E-state index is -0.199. The third kappa shape index (κ3) is 5.42. The number of anilines is 1. The van der Waals surface area contributed by atoms with Crippen LogP contribution in [0.2, 0.25) is 0 Å². The number of piperidine rings is 1. The van der Waals surface area contributed by atoms with Crippen LogP contribution in [-0.4, -0.2) is 30.9 Å². The van der Waals surface area contributed by atoms with Gasteiger partial charge in [-0.1, -0.05) is 37.8 Å². The number of carbonyl (C=O) groups excluding carboxylic acids is 2. The highest BCUT2D eigenvalue weighted by Crippen LogP contribution is 2.55. The summed E-state index contributed by atoms with van der Waals surface area (Å²) < 4.78 is 0. The second kappa shape index (κ2) is 9.95. The zero-order chi connectivity index (χ0) is 20.8. The Kier molecular flexibility index (Phi) is 7.08. The molecule has 5 nitrogen and oxygen atoms in total. The first-order valence-electron chi connectivity index (χ1n) is 12.0. The SMILES string of the molecule is O=C1CCC(c2ccc(NCCCCCCCNC3CC4(CCC4)C3)cc2)C(=O)N1. The summed E-state index contributed by atoms with van der Waals surface area (Å²) in [5.74, 6) is -0.530. The van der Waals surface area contributed by atoms with Gasteiger partial charge in [0.25, 0.3) is 0 Å². The predicted octanol–water partition coefficient (Wildman–Crippen LogP) is 4.49. The third-order valence-corrected chi connectivity index (χ3v) is 7.44. The van der Waals surface area contributed by atoms with E-state index in [2.05, 4.69) is 16.0 Å². The monoisotopic (exact) mass is 411 g/mol. The fraction of sp³-hybridized carbons (Fsp3) is 0.680. The second-order valence-corrected chi connectivity index (χ2v) is 9.73. The van der Waals surface area contributed by atoms with Gasteiger partial charge in [-0.25, -0.2) is 0 Å². The Balaban J connectivity index is 1.01. The molecule has 30 heavy (non-hydrogen) atoms. The first-order chi connectivity index (χ1) is 14.6. The molecule has 1 saturated heterocycles. The zero-order valence-electron chi connectivity index (χ0n) is 18.2. The maximum absolute atomic E-state index is 12.0. The van der Waals surface area contributed by atoms with Crippen molar-refractivity contribution in [3.8, 4) is 0 Å². The van der Waals surface area contributed by atoms with E-state index in [0.717, 1.165) is 29.3 Å². The molecule has 1 aliphatic heterocycles. The Morgan fingerprint density at radius 1 is 0.933 bits per heavy atom. The van der Waals surface area contributed by atoms with E-state index < -0.39 is 0 Å². The van der Waals surface area contributed by atoms with E-state index in [-0.39, 0.29) is 17.7 Å². The number of benzene rings is 1. The van der Waals surface area contributed by atoms with Crippen molar-refractivity contribution >= 4 is 17.5 Å². The highest BCUT2D eigenvalue weighted by Gasteiger charge is 2.47. The Morgan fingerprint density at radius 3 is 2.30 bits per heavy atom. The molecule has 1 aromatic rings. The number of hydrogen-bond donors (Lipinski definition) is 3. The summed E-state index contributed by atoms with van der Waals surface area (Å²) in [5.41, 5.74) is 2.87. The summed E-state index contributed by atoms with van der Waals surface area (Å²) in [7, 11) is 0. The summed E-state index contributed by atoms with van der Waals surface area (Å²) in [6.45, 7) is 2.18. The maximum Gasteiger partial charge on any atom is 0.234 e. The van der Waals surface area contributed by atoms with Crippen LogP contribution in [-0.2, 0) is 9.59 Å². The summed E-state index contributed by atoms with van der Waals surface area (Å²) in [6, 6.07) is 8.91. The lowest BCUT2D eigenvalue weighted by molar-refractivity contribution is -0.134. The van der Waals surface area contributed by atoms with Gasteiger partial charge in [0.2, 0.25) is 11.8 Å². The van der Waals surface area contributed by atoms with Gasteiger partial charge in [0.05, 0.1) is 5.92 Å². The Hall–Kier alpha value is -1.88. The number of carbonyl (C=O) groups is 2. The normalized spacial score (nSPS) is 23.0. The van der Waals surface area contributed by atoms with Crippen LogP contribution in [0, 0.1) is 5.41 Å². The molecule has 4 rings (SSSR count). The van der Waals surface area contributed by atoms with E-state index in [1.165, 1.54) is 70.8 Å². The molecule has 0 bridgehead atoms. The van der Waals surface area contributed by atoms with Crippen molar-refractivity contribution in [2.24, 2.45) is 5.41 Å². The molecule has 1 spiro atoms. The van der Waals surface area contributed by atoms with Gasteiger partial charge in [-0.3, -0.25) is 14.9 Å². The smallest absolute Gasteiger partial charge is 0.234 e. The van der Waals surface area contributed by atoms with Gasteiger partial charge in [0.1, 0.15) is 0 Å². The van der Waals surface area contributed by atoms with Crippen LogP contribution in [0.4, 0.5) is 5.69 Å². The van der Waals surface area contributed by atoms with Crippen LogP contribution in [0.3, 0.4) is 0 Å². The summed E-state index contributed by atoms with van der Waals surface area (Å²) in [4.78, 5) is 23.2. The Labute approximate surface area is 180 Å². The molecular weight excluding hydrogens is 374 g/mol. The molecule has 3 fully saturated rings. The zero-order valence-corrected chi connectivity index (χ0v) is 18.2. The number of amides is 2. The minimum absolute atomic E-state index is 0.161. The minimum Gasteiger partial charge on any atom is -0.385 e. The lowest BCUT2D eigenvalue weighted by atomic mass is 9.54. The van der Waals surface area contributed by atoms with Gasteiger partial charge < -0.3 is 10.6 Å². The first kappa shape index (κ1) is 21.4. The van der Waals surface area contributed by atoms with Crippen LogP contribution in [0.5, 0.6) is 0 Å². The lowest BCUT2D eigenvalue weighted by Crippen LogP contribution is -2.52. The molecule has 1 atom stereocenters. The highest BCUT2D eigenvalue weighted by atomic mass is 16.2.